The molecule has 5 rings (SSSR count). The molecule has 0 aliphatic carbocycles. The number of carbonyl (C=O) groups is 1. The highest BCUT2D eigenvalue weighted by molar-refractivity contribution is 7.98. The smallest absolute Gasteiger partial charge is 0.269 e. The summed E-state index contributed by atoms with van der Waals surface area (Å²) in [6, 6.07) is 17.9. The third-order valence-corrected chi connectivity index (χ3v) is 6.36. The van der Waals surface area contributed by atoms with Crippen molar-refractivity contribution in [3.8, 4) is 35.1 Å². The van der Waals surface area contributed by atoms with Crippen LogP contribution in [0.1, 0.15) is 16.1 Å². The van der Waals surface area contributed by atoms with Gasteiger partial charge in [0.25, 0.3) is 11.7 Å². The number of terminal acetylenes is 1. The first-order valence-electron chi connectivity index (χ1n) is 11.3. The predicted octanol–water partition coefficient (Wildman–Crippen LogP) is 5.44. The number of pyridine rings is 1. The third-order valence-electron chi connectivity index (χ3n) is 5.43. The van der Waals surface area contributed by atoms with E-state index in [4.69, 9.17) is 22.8 Å². The number of ether oxygens (including phenoxy) is 1. The summed E-state index contributed by atoms with van der Waals surface area (Å²) in [5.74, 6) is 4.21. The molecule has 0 fully saturated rings. The molecule has 0 aliphatic rings. The van der Waals surface area contributed by atoms with Crippen molar-refractivity contribution in [2.75, 3.05) is 18.6 Å². The number of halogens is 1. The van der Waals surface area contributed by atoms with E-state index < -0.39 is 0 Å². The lowest BCUT2D eigenvalue weighted by atomic mass is 10.1. The van der Waals surface area contributed by atoms with Crippen molar-refractivity contribution in [1.29, 1.82) is 0 Å². The van der Waals surface area contributed by atoms with E-state index in [9.17, 15) is 4.79 Å². The first-order chi connectivity index (χ1) is 18.5. The average Bonchev–Trinajstić information content (AvgIpc) is 3.34. The number of aromatic nitrogens is 5. The lowest BCUT2D eigenvalue weighted by Gasteiger charge is -2.10. The lowest BCUT2D eigenvalue weighted by Crippen LogP contribution is -2.18. The van der Waals surface area contributed by atoms with E-state index in [1.165, 1.54) is 18.0 Å². The van der Waals surface area contributed by atoms with Gasteiger partial charge in [0.2, 0.25) is 5.95 Å². The minimum Gasteiger partial charge on any atom is -0.457 e. The highest BCUT2D eigenvalue weighted by Crippen LogP contribution is 2.31. The summed E-state index contributed by atoms with van der Waals surface area (Å²) in [6.07, 6.45) is 9.31. The third kappa shape index (κ3) is 5.11. The number of nitrogens with one attached hydrogen (secondary N) is 2. The highest BCUT2D eigenvalue weighted by atomic mass is 35.5. The second-order valence-electron chi connectivity index (χ2n) is 7.85. The van der Waals surface area contributed by atoms with Crippen LogP contribution in [0.25, 0.3) is 17.0 Å². The zero-order valence-corrected chi connectivity index (χ0v) is 21.8. The normalized spacial score (nSPS) is 10.7. The minimum atomic E-state index is -0.298. The van der Waals surface area contributed by atoms with Gasteiger partial charge in [0.1, 0.15) is 22.2 Å². The molecule has 0 aliphatic heterocycles. The summed E-state index contributed by atoms with van der Waals surface area (Å²) in [6.45, 7) is 0. The fourth-order valence-electron chi connectivity index (χ4n) is 3.71. The highest BCUT2D eigenvalue weighted by Gasteiger charge is 2.19. The summed E-state index contributed by atoms with van der Waals surface area (Å²) in [5.41, 5.74) is 3.10. The van der Waals surface area contributed by atoms with E-state index >= 15 is 0 Å². The number of benzene rings is 2. The Labute approximate surface area is 227 Å². The van der Waals surface area contributed by atoms with Gasteiger partial charge in [-0.2, -0.15) is 9.50 Å². The van der Waals surface area contributed by atoms with E-state index in [1.807, 2.05) is 30.5 Å². The number of nitrogens with zero attached hydrogens (tertiary/aromatic N) is 5. The lowest BCUT2D eigenvalue weighted by molar-refractivity contribution is 0.0958. The summed E-state index contributed by atoms with van der Waals surface area (Å²) >= 11 is 7.54. The largest absolute Gasteiger partial charge is 0.457 e. The number of hydrogen-bond acceptors (Lipinski definition) is 8. The zero-order valence-electron chi connectivity index (χ0n) is 20.3. The number of anilines is 2. The molecule has 188 valence electrons. The van der Waals surface area contributed by atoms with Gasteiger partial charge in [0.05, 0.1) is 11.3 Å². The molecule has 5 aromatic rings. The number of rotatable bonds is 7. The summed E-state index contributed by atoms with van der Waals surface area (Å²) in [4.78, 5) is 25.1. The SMILES string of the molecule is C#Cc1c(SC)nc2nc(Nc3cccc(Oc4ccnc(C(=O)NC)c4)c3)nn2c1-c1ccc(Cl)cc1. The first-order valence-corrected chi connectivity index (χ1v) is 12.9. The van der Waals surface area contributed by atoms with Gasteiger partial charge >= 0.3 is 0 Å². The van der Waals surface area contributed by atoms with E-state index in [1.54, 1.807) is 48.0 Å². The van der Waals surface area contributed by atoms with Crippen LogP contribution in [-0.4, -0.2) is 43.8 Å². The quantitative estimate of drug-likeness (QED) is 0.159. The topological polar surface area (TPSA) is 106 Å². The second-order valence-corrected chi connectivity index (χ2v) is 9.09. The van der Waals surface area contributed by atoms with Crippen LogP contribution in [0.5, 0.6) is 11.5 Å². The fourth-order valence-corrected chi connectivity index (χ4v) is 4.37. The Hall–Kier alpha value is -4.59. The number of amides is 1. The van der Waals surface area contributed by atoms with Crippen molar-refractivity contribution in [3.63, 3.8) is 0 Å². The molecule has 2 N–H and O–H groups in total. The van der Waals surface area contributed by atoms with E-state index in [-0.39, 0.29) is 11.6 Å². The number of carbonyl (C=O) groups excluding carboxylic acids is 1. The van der Waals surface area contributed by atoms with Crippen molar-refractivity contribution in [2.45, 2.75) is 5.03 Å². The van der Waals surface area contributed by atoms with Gasteiger partial charge in [-0.1, -0.05) is 35.7 Å². The maximum atomic E-state index is 11.9. The minimum absolute atomic E-state index is 0.258. The van der Waals surface area contributed by atoms with Crippen molar-refractivity contribution < 1.29 is 9.53 Å². The van der Waals surface area contributed by atoms with Gasteiger partial charge in [-0.3, -0.25) is 9.78 Å². The monoisotopic (exact) mass is 541 g/mol. The summed E-state index contributed by atoms with van der Waals surface area (Å²) < 4.78 is 7.57. The van der Waals surface area contributed by atoms with Crippen LogP contribution in [0.3, 0.4) is 0 Å². The van der Waals surface area contributed by atoms with E-state index in [0.29, 0.717) is 50.2 Å². The van der Waals surface area contributed by atoms with Gasteiger partial charge in [-0.15, -0.1) is 23.3 Å². The van der Waals surface area contributed by atoms with Gasteiger partial charge < -0.3 is 15.4 Å². The van der Waals surface area contributed by atoms with Crippen molar-refractivity contribution >= 4 is 46.7 Å². The maximum Gasteiger partial charge on any atom is 0.269 e. The van der Waals surface area contributed by atoms with Crippen LogP contribution in [0.2, 0.25) is 5.02 Å². The molecular weight excluding hydrogens is 522 g/mol. The van der Waals surface area contributed by atoms with Crippen LogP contribution < -0.4 is 15.4 Å². The molecule has 0 saturated carbocycles. The molecule has 38 heavy (non-hydrogen) atoms. The van der Waals surface area contributed by atoms with Crippen molar-refractivity contribution in [1.82, 2.24) is 29.9 Å². The van der Waals surface area contributed by atoms with Crippen LogP contribution in [0.4, 0.5) is 11.6 Å². The van der Waals surface area contributed by atoms with Crippen LogP contribution in [0.15, 0.2) is 71.9 Å². The standard InChI is InChI=1S/C27H20ClN7O2S/c1-4-21-23(16-8-10-17(28)11-9-16)35-27(32-25(21)38-3)33-26(34-35)31-18-6-5-7-19(14-18)37-20-12-13-30-22(15-20)24(36)29-2/h1,5-15H,2-3H3,(H,29,36)(H,31,34). The molecule has 0 bridgehead atoms. The number of hydrogen-bond donors (Lipinski definition) is 2. The maximum absolute atomic E-state index is 11.9. The van der Waals surface area contributed by atoms with Crippen LogP contribution in [0, 0.1) is 12.3 Å². The Morgan fingerprint density at radius 2 is 1.89 bits per heavy atom. The predicted molar refractivity (Wildman–Crippen MR) is 148 cm³/mol. The average molecular weight is 542 g/mol. The van der Waals surface area contributed by atoms with Crippen molar-refractivity contribution in [3.05, 3.63) is 83.1 Å². The van der Waals surface area contributed by atoms with E-state index in [0.717, 1.165) is 5.56 Å². The first kappa shape index (κ1) is 25.1. The molecule has 0 spiro atoms. The van der Waals surface area contributed by atoms with Gasteiger partial charge in [0, 0.05) is 41.7 Å². The van der Waals surface area contributed by atoms with Crippen molar-refractivity contribution in [2.24, 2.45) is 0 Å². The number of fused-ring (bicyclic) bond motifs is 1. The molecule has 2 aromatic carbocycles. The molecule has 9 nitrogen and oxygen atoms in total. The molecule has 1 amide bonds. The molecule has 3 aromatic heterocycles. The zero-order chi connectivity index (χ0) is 26.6. The van der Waals surface area contributed by atoms with Gasteiger partial charge in [-0.25, -0.2) is 4.98 Å². The van der Waals surface area contributed by atoms with E-state index in [2.05, 4.69) is 36.6 Å². The molecule has 0 atom stereocenters. The van der Waals surface area contributed by atoms with Crippen LogP contribution >= 0.6 is 23.4 Å². The van der Waals surface area contributed by atoms with Crippen LogP contribution in [-0.2, 0) is 0 Å². The molecule has 0 saturated heterocycles. The molecule has 11 heteroatoms. The fraction of sp³-hybridized carbons (Fsp3) is 0.0741. The molecule has 0 unspecified atom stereocenters. The Morgan fingerprint density at radius 1 is 1.11 bits per heavy atom. The summed E-state index contributed by atoms with van der Waals surface area (Å²) in [5, 5.41) is 11.7. The molecular formula is C27H20ClN7O2S. The molecule has 0 radical (unpaired) electrons. The summed E-state index contributed by atoms with van der Waals surface area (Å²) in [7, 11) is 1.54. The van der Waals surface area contributed by atoms with Gasteiger partial charge in [-0.05, 0) is 36.6 Å². The Balaban J connectivity index is 1.48. The number of thioether (sulfide) groups is 1. The second kappa shape index (κ2) is 10.8. The Bertz CT molecular complexity index is 1700. The molecule has 3 heterocycles. The van der Waals surface area contributed by atoms with Gasteiger partial charge in [0.15, 0.2) is 0 Å². The Morgan fingerprint density at radius 3 is 2.63 bits per heavy atom. The Kier molecular flexibility index (Phi) is 7.13.